The molecule has 3 aromatic rings. The van der Waals surface area contributed by atoms with Crippen LogP contribution >= 0.6 is 0 Å². The number of ether oxygens (including phenoxy) is 1. The summed E-state index contributed by atoms with van der Waals surface area (Å²) >= 11 is 0. The largest absolute Gasteiger partial charge is 0.497 e. The van der Waals surface area contributed by atoms with Crippen molar-refractivity contribution in [2.75, 3.05) is 12.4 Å². The Morgan fingerprint density at radius 3 is 2.79 bits per heavy atom. The lowest BCUT2D eigenvalue weighted by molar-refractivity contribution is 0.0993. The second-order valence-electron chi connectivity index (χ2n) is 5.03. The number of terminal acetylenes is 1. The number of carbonyl (C=O) groups excluding carboxylic acids is 1. The molecule has 0 bridgehead atoms. The average molecular weight is 319 g/mol. The fourth-order valence-electron chi connectivity index (χ4n) is 2.29. The summed E-state index contributed by atoms with van der Waals surface area (Å²) in [5.41, 5.74) is 0.569. The van der Waals surface area contributed by atoms with Crippen LogP contribution in [0.15, 0.2) is 57.7 Å². The van der Waals surface area contributed by atoms with Crippen LogP contribution in [0.3, 0.4) is 0 Å². The van der Waals surface area contributed by atoms with Gasteiger partial charge in [-0.05, 0) is 47.9 Å². The lowest BCUT2D eigenvalue weighted by atomic mass is 10.1. The van der Waals surface area contributed by atoms with Crippen LogP contribution in [0, 0.1) is 12.3 Å². The van der Waals surface area contributed by atoms with Crippen LogP contribution in [-0.2, 0) is 0 Å². The molecule has 2 aromatic carbocycles. The van der Waals surface area contributed by atoms with E-state index in [-0.39, 0.29) is 5.76 Å². The maximum Gasteiger partial charge on any atom is 0.344 e. The van der Waals surface area contributed by atoms with Crippen molar-refractivity contribution in [3.8, 4) is 18.1 Å². The quantitative estimate of drug-likeness (QED) is 0.753. The van der Waals surface area contributed by atoms with Gasteiger partial charge in [-0.25, -0.2) is 4.79 Å². The fourth-order valence-corrected chi connectivity index (χ4v) is 2.29. The smallest absolute Gasteiger partial charge is 0.344 e. The molecule has 5 heteroatoms. The van der Waals surface area contributed by atoms with Crippen molar-refractivity contribution in [2.45, 2.75) is 0 Å². The van der Waals surface area contributed by atoms with Gasteiger partial charge in [0.2, 0.25) is 0 Å². The first kappa shape index (κ1) is 15.4. The summed E-state index contributed by atoms with van der Waals surface area (Å²) in [5.74, 6) is 2.45. The molecule has 1 aromatic heterocycles. The Kier molecular flexibility index (Phi) is 4.04. The van der Waals surface area contributed by atoms with Gasteiger partial charge >= 0.3 is 5.63 Å². The fraction of sp³-hybridized carbons (Fsp3) is 0.0526. The van der Waals surface area contributed by atoms with Crippen molar-refractivity contribution >= 4 is 22.4 Å². The van der Waals surface area contributed by atoms with E-state index in [0.29, 0.717) is 27.8 Å². The van der Waals surface area contributed by atoms with E-state index in [2.05, 4.69) is 11.2 Å². The lowest BCUT2D eigenvalue weighted by Crippen LogP contribution is -2.15. The van der Waals surface area contributed by atoms with Crippen LogP contribution < -0.4 is 15.7 Å². The molecule has 0 atom stereocenters. The first-order chi connectivity index (χ1) is 11.6. The van der Waals surface area contributed by atoms with Gasteiger partial charge in [-0.1, -0.05) is 12.0 Å². The van der Waals surface area contributed by atoms with Gasteiger partial charge in [0.1, 0.15) is 5.75 Å². The first-order valence-electron chi connectivity index (χ1n) is 7.10. The van der Waals surface area contributed by atoms with Crippen LogP contribution in [-0.4, -0.2) is 13.0 Å². The Labute approximate surface area is 137 Å². The molecule has 0 radical (unpaired) electrons. The van der Waals surface area contributed by atoms with Crippen molar-refractivity contribution in [2.24, 2.45) is 0 Å². The van der Waals surface area contributed by atoms with Crippen molar-refractivity contribution in [1.82, 2.24) is 0 Å². The first-order valence-corrected chi connectivity index (χ1v) is 7.10. The predicted molar refractivity (Wildman–Crippen MR) is 91.4 cm³/mol. The Morgan fingerprint density at radius 1 is 1.21 bits per heavy atom. The average Bonchev–Trinajstić information content (AvgIpc) is 2.61. The highest BCUT2D eigenvalue weighted by atomic mass is 16.5. The number of nitrogens with one attached hydrogen (secondary N) is 1. The molecule has 0 aliphatic heterocycles. The normalized spacial score (nSPS) is 10.2. The molecule has 24 heavy (non-hydrogen) atoms. The van der Waals surface area contributed by atoms with Crippen LogP contribution in [0.4, 0.5) is 5.69 Å². The maximum absolute atomic E-state index is 12.3. The molecule has 1 amide bonds. The predicted octanol–water partition coefficient (Wildman–Crippen LogP) is 3.04. The van der Waals surface area contributed by atoms with Gasteiger partial charge in [-0.2, -0.15) is 0 Å². The molecule has 1 N–H and O–H groups in total. The Bertz CT molecular complexity index is 1030. The van der Waals surface area contributed by atoms with Gasteiger partial charge in [0.05, 0.1) is 12.5 Å². The number of anilines is 1. The summed E-state index contributed by atoms with van der Waals surface area (Å²) in [6.07, 6.45) is 5.34. The number of rotatable bonds is 3. The monoisotopic (exact) mass is 319 g/mol. The van der Waals surface area contributed by atoms with Crippen LogP contribution in [0.25, 0.3) is 10.8 Å². The molecule has 0 fully saturated rings. The molecular formula is C19H13NO4. The van der Waals surface area contributed by atoms with E-state index >= 15 is 0 Å². The highest BCUT2D eigenvalue weighted by Gasteiger charge is 2.13. The number of benzene rings is 2. The second-order valence-corrected chi connectivity index (χ2v) is 5.03. The Balaban J connectivity index is 1.97. The summed E-state index contributed by atoms with van der Waals surface area (Å²) in [6.45, 7) is 0. The summed E-state index contributed by atoms with van der Waals surface area (Å²) in [5, 5.41) is 3.59. The third-order valence-corrected chi connectivity index (χ3v) is 3.48. The van der Waals surface area contributed by atoms with Crippen LogP contribution in [0.1, 0.15) is 16.1 Å². The van der Waals surface area contributed by atoms with Gasteiger partial charge < -0.3 is 14.5 Å². The summed E-state index contributed by atoms with van der Waals surface area (Å²) in [7, 11) is 1.53. The minimum atomic E-state index is -0.585. The molecule has 0 spiro atoms. The van der Waals surface area contributed by atoms with Crippen molar-refractivity contribution in [1.29, 1.82) is 0 Å². The highest BCUT2D eigenvalue weighted by Crippen LogP contribution is 2.20. The molecule has 5 nitrogen and oxygen atoms in total. The Hall–Kier alpha value is -3.52. The van der Waals surface area contributed by atoms with E-state index in [9.17, 15) is 9.59 Å². The van der Waals surface area contributed by atoms with Crippen molar-refractivity contribution in [3.05, 3.63) is 70.3 Å². The van der Waals surface area contributed by atoms with Gasteiger partial charge in [0.25, 0.3) is 5.91 Å². The zero-order valence-electron chi connectivity index (χ0n) is 12.8. The van der Waals surface area contributed by atoms with Crippen molar-refractivity contribution in [3.63, 3.8) is 0 Å². The van der Waals surface area contributed by atoms with E-state index in [4.69, 9.17) is 15.6 Å². The number of hydrogen-bond acceptors (Lipinski definition) is 4. The summed E-state index contributed by atoms with van der Waals surface area (Å²) in [6, 6.07) is 13.2. The lowest BCUT2D eigenvalue weighted by Gasteiger charge is -2.06. The molecule has 0 saturated carbocycles. The minimum absolute atomic E-state index is 0.0909. The number of methoxy groups -OCH3 is 1. The molecule has 0 aliphatic rings. The third-order valence-electron chi connectivity index (χ3n) is 3.48. The van der Waals surface area contributed by atoms with E-state index in [1.807, 2.05) is 0 Å². The zero-order valence-corrected chi connectivity index (χ0v) is 12.8. The molecule has 3 rings (SSSR count). The van der Waals surface area contributed by atoms with E-state index in [0.717, 1.165) is 0 Å². The molecule has 118 valence electrons. The maximum atomic E-state index is 12.3. The van der Waals surface area contributed by atoms with Gasteiger partial charge in [-0.3, -0.25) is 4.79 Å². The van der Waals surface area contributed by atoms with Crippen LogP contribution in [0.2, 0.25) is 0 Å². The number of hydrogen-bond donors (Lipinski definition) is 1. The minimum Gasteiger partial charge on any atom is -0.497 e. The molecule has 0 aliphatic carbocycles. The number of fused-ring (bicyclic) bond motifs is 1. The van der Waals surface area contributed by atoms with Crippen molar-refractivity contribution < 1.29 is 13.9 Å². The van der Waals surface area contributed by atoms with Gasteiger partial charge in [0, 0.05) is 11.3 Å². The van der Waals surface area contributed by atoms with E-state index in [1.165, 1.54) is 13.2 Å². The van der Waals surface area contributed by atoms with Gasteiger partial charge in [0.15, 0.2) is 5.76 Å². The highest BCUT2D eigenvalue weighted by molar-refractivity contribution is 6.04. The summed E-state index contributed by atoms with van der Waals surface area (Å²) in [4.78, 5) is 24.4. The standard InChI is InChI=1S/C19H13NO4/c1-3-12-5-4-6-14(9-12)20-18(21)17-11-13-10-15(23-2)7-8-16(13)19(22)24-17/h1,4-11H,2H3,(H,20,21). The van der Waals surface area contributed by atoms with Gasteiger partial charge in [-0.15, -0.1) is 6.42 Å². The second kappa shape index (κ2) is 6.31. The molecular weight excluding hydrogens is 306 g/mol. The Morgan fingerprint density at radius 2 is 2.04 bits per heavy atom. The van der Waals surface area contributed by atoms with E-state index in [1.54, 1.807) is 42.5 Å². The molecule has 1 heterocycles. The molecule has 0 saturated heterocycles. The summed E-state index contributed by atoms with van der Waals surface area (Å²) < 4.78 is 10.2. The topological polar surface area (TPSA) is 68.5 Å². The number of amides is 1. The molecule has 0 unspecified atom stereocenters. The SMILES string of the molecule is C#Cc1cccc(NC(=O)c2cc3cc(OC)ccc3c(=O)o2)c1. The number of carbonyl (C=O) groups is 1. The third kappa shape index (κ3) is 2.99. The van der Waals surface area contributed by atoms with Crippen LogP contribution in [0.5, 0.6) is 5.75 Å². The zero-order chi connectivity index (χ0) is 17.1. The van der Waals surface area contributed by atoms with E-state index < -0.39 is 11.5 Å².